The van der Waals surface area contributed by atoms with E-state index in [1.807, 2.05) is 20.8 Å². The Morgan fingerprint density at radius 1 is 1.11 bits per heavy atom. The van der Waals surface area contributed by atoms with E-state index in [2.05, 4.69) is 56.4 Å². The van der Waals surface area contributed by atoms with Gasteiger partial charge in [0.25, 0.3) is 0 Å². The Labute approximate surface area is 112 Å². The molecule has 1 unspecified atom stereocenters. The Morgan fingerprint density at radius 3 is 1.72 bits per heavy atom. The first kappa shape index (κ1) is 16.7. The van der Waals surface area contributed by atoms with E-state index < -0.39 is 0 Å². The summed E-state index contributed by atoms with van der Waals surface area (Å²) in [7, 11) is 0. The molecule has 102 valence electrons. The third kappa shape index (κ3) is 6.43. The van der Waals surface area contributed by atoms with E-state index >= 15 is 0 Å². The lowest BCUT2D eigenvalue weighted by Crippen LogP contribution is -2.46. The lowest BCUT2D eigenvalue weighted by molar-refractivity contribution is -0.127. The van der Waals surface area contributed by atoms with Crippen molar-refractivity contribution >= 4 is 5.91 Å². The maximum atomic E-state index is 10.00. The normalized spacial score (nSPS) is 17.2. The summed E-state index contributed by atoms with van der Waals surface area (Å²) in [5.74, 6) is 0.183. The molecular weight excluding hydrogens is 222 g/mol. The van der Waals surface area contributed by atoms with Crippen LogP contribution < -0.4 is 5.32 Å². The molecule has 18 heavy (non-hydrogen) atoms. The first-order valence-electron chi connectivity index (χ1n) is 6.74. The molecule has 1 aliphatic heterocycles. The van der Waals surface area contributed by atoms with E-state index in [-0.39, 0.29) is 5.91 Å². The summed E-state index contributed by atoms with van der Waals surface area (Å²) >= 11 is 0. The first-order chi connectivity index (χ1) is 8.39. The smallest absolute Gasteiger partial charge is 0.222 e. The van der Waals surface area contributed by atoms with Gasteiger partial charge in [-0.25, -0.2) is 0 Å². The van der Waals surface area contributed by atoms with Crippen molar-refractivity contribution < 1.29 is 4.79 Å². The maximum absolute atomic E-state index is 10.00. The van der Waals surface area contributed by atoms with Crippen LogP contribution >= 0.6 is 0 Å². The van der Waals surface area contributed by atoms with Crippen LogP contribution in [0.1, 0.15) is 53.5 Å². The fraction of sp³-hybridized carbons (Fsp3) is 0.562. The van der Waals surface area contributed by atoms with Crippen LogP contribution in [0.15, 0.2) is 30.3 Å². The molecule has 1 heterocycles. The molecule has 1 amide bonds. The largest absolute Gasteiger partial charge is 0.353 e. The molecule has 2 heteroatoms. The van der Waals surface area contributed by atoms with Crippen LogP contribution in [-0.4, -0.2) is 11.9 Å². The second-order valence-corrected chi connectivity index (χ2v) is 5.29. The molecule has 1 aromatic carbocycles. The van der Waals surface area contributed by atoms with Gasteiger partial charge in [-0.15, -0.1) is 0 Å². The molecule has 0 radical (unpaired) electrons. The summed E-state index contributed by atoms with van der Waals surface area (Å²) in [5.41, 5.74) is 1.69. The lowest BCUT2D eigenvalue weighted by Gasteiger charge is -2.21. The van der Waals surface area contributed by atoms with Crippen LogP contribution in [0, 0.1) is 0 Å². The molecule has 1 fully saturated rings. The van der Waals surface area contributed by atoms with Gasteiger partial charge in [0.1, 0.15) is 0 Å². The quantitative estimate of drug-likeness (QED) is 0.694. The summed E-state index contributed by atoms with van der Waals surface area (Å²) in [4.78, 5) is 10.00. The molecule has 0 aromatic heterocycles. The van der Waals surface area contributed by atoms with Crippen LogP contribution in [0.5, 0.6) is 0 Å². The van der Waals surface area contributed by atoms with E-state index in [1.54, 1.807) is 0 Å². The molecule has 2 nitrogen and oxygen atoms in total. The third-order valence-corrected chi connectivity index (χ3v) is 2.54. The highest BCUT2D eigenvalue weighted by Gasteiger charge is 2.18. The Bertz CT molecular complexity index is 330. The third-order valence-electron chi connectivity index (χ3n) is 2.54. The van der Waals surface area contributed by atoms with Gasteiger partial charge < -0.3 is 5.32 Å². The van der Waals surface area contributed by atoms with Crippen LogP contribution in [0.2, 0.25) is 0 Å². The van der Waals surface area contributed by atoms with Crippen molar-refractivity contribution in [2.45, 2.75) is 59.4 Å². The fourth-order valence-corrected chi connectivity index (χ4v) is 1.47. The van der Waals surface area contributed by atoms with Crippen molar-refractivity contribution in [2.75, 3.05) is 0 Å². The minimum Gasteiger partial charge on any atom is -0.353 e. The van der Waals surface area contributed by atoms with Crippen molar-refractivity contribution in [3.63, 3.8) is 0 Å². The van der Waals surface area contributed by atoms with Gasteiger partial charge in [-0.3, -0.25) is 4.79 Å². The maximum Gasteiger partial charge on any atom is 0.222 e. The average Bonchev–Trinajstić information content (AvgIpc) is 2.31. The molecule has 0 spiro atoms. The molecule has 0 bridgehead atoms. The summed E-state index contributed by atoms with van der Waals surface area (Å²) in [6, 6.07) is 11.0. The van der Waals surface area contributed by atoms with Crippen molar-refractivity contribution in [3.05, 3.63) is 35.9 Å². The fourth-order valence-electron chi connectivity index (χ4n) is 1.47. The number of amides is 1. The predicted octanol–water partition coefficient (Wildman–Crippen LogP) is 3.91. The number of benzene rings is 1. The summed E-state index contributed by atoms with van der Waals surface area (Å²) < 4.78 is 0. The number of rotatable bonds is 0. The highest BCUT2D eigenvalue weighted by molar-refractivity contribution is 5.82. The van der Waals surface area contributed by atoms with Gasteiger partial charge in [0, 0.05) is 12.5 Å². The topological polar surface area (TPSA) is 29.1 Å². The van der Waals surface area contributed by atoms with Crippen molar-refractivity contribution in [1.29, 1.82) is 0 Å². The Hall–Kier alpha value is -1.31. The van der Waals surface area contributed by atoms with Crippen LogP contribution in [0.3, 0.4) is 0 Å². The van der Waals surface area contributed by atoms with Crippen LogP contribution in [0.4, 0.5) is 0 Å². The Balaban J connectivity index is 0.000000308. The Kier molecular flexibility index (Phi) is 7.33. The van der Waals surface area contributed by atoms with Crippen LogP contribution in [0.25, 0.3) is 0 Å². The van der Waals surface area contributed by atoms with Gasteiger partial charge in [-0.1, -0.05) is 65.0 Å². The van der Waals surface area contributed by atoms with E-state index in [4.69, 9.17) is 0 Å². The molecule has 1 aromatic rings. The lowest BCUT2D eigenvalue weighted by atomic mass is 9.87. The number of hydrogen-bond donors (Lipinski definition) is 1. The highest BCUT2D eigenvalue weighted by atomic mass is 16.2. The summed E-state index contributed by atoms with van der Waals surface area (Å²) in [6.45, 7) is 12.7. The van der Waals surface area contributed by atoms with Crippen molar-refractivity contribution in [1.82, 2.24) is 5.32 Å². The number of carbonyl (C=O) groups excluding carboxylic acids is 1. The molecule has 1 atom stereocenters. The van der Waals surface area contributed by atoms with Crippen molar-refractivity contribution in [2.24, 2.45) is 0 Å². The molecular formula is C16H27NO. The van der Waals surface area contributed by atoms with E-state index in [0.717, 1.165) is 6.42 Å². The van der Waals surface area contributed by atoms with Crippen LogP contribution in [-0.2, 0) is 10.2 Å². The summed E-state index contributed by atoms with van der Waals surface area (Å²) in [5, 5.41) is 2.67. The van der Waals surface area contributed by atoms with Gasteiger partial charge in [0.15, 0.2) is 0 Å². The Morgan fingerprint density at radius 2 is 1.56 bits per heavy atom. The number of nitrogens with one attached hydrogen (secondary N) is 1. The summed E-state index contributed by atoms with van der Waals surface area (Å²) in [6.07, 6.45) is 0.722. The minimum absolute atomic E-state index is 0.183. The zero-order valence-electron chi connectivity index (χ0n) is 12.6. The molecule has 1 saturated heterocycles. The molecule has 2 rings (SSSR count). The number of carbonyl (C=O) groups is 1. The SMILES string of the molecule is CC.CC(C)(C)c1ccccc1.CC1CC(=O)N1. The van der Waals surface area contributed by atoms with Gasteiger partial charge in [0.2, 0.25) is 5.91 Å². The van der Waals surface area contributed by atoms with Gasteiger partial charge in [-0.2, -0.15) is 0 Å². The van der Waals surface area contributed by atoms with E-state index in [1.165, 1.54) is 5.56 Å². The molecule has 0 saturated carbocycles. The molecule has 0 aliphatic carbocycles. The minimum atomic E-state index is 0.183. The van der Waals surface area contributed by atoms with E-state index in [0.29, 0.717) is 11.5 Å². The van der Waals surface area contributed by atoms with Gasteiger partial charge in [0.05, 0.1) is 0 Å². The highest BCUT2D eigenvalue weighted by Crippen LogP contribution is 2.20. The molecule has 1 aliphatic rings. The zero-order valence-corrected chi connectivity index (χ0v) is 12.6. The monoisotopic (exact) mass is 249 g/mol. The van der Waals surface area contributed by atoms with E-state index in [9.17, 15) is 4.79 Å². The molecule has 1 N–H and O–H groups in total. The van der Waals surface area contributed by atoms with Crippen molar-refractivity contribution in [3.8, 4) is 0 Å². The zero-order chi connectivity index (χ0) is 14.2. The van der Waals surface area contributed by atoms with Gasteiger partial charge in [-0.05, 0) is 17.9 Å². The second kappa shape index (κ2) is 7.91. The average molecular weight is 249 g/mol. The second-order valence-electron chi connectivity index (χ2n) is 5.29. The first-order valence-corrected chi connectivity index (χ1v) is 6.74. The van der Waals surface area contributed by atoms with Gasteiger partial charge >= 0.3 is 0 Å². The standard InChI is InChI=1S/C10H14.C4H7NO.C2H6/c1-10(2,3)9-7-5-4-6-8-9;1-3-2-4(6)5-3;1-2/h4-8H,1-3H3;3H,2H2,1H3,(H,5,6);1-2H3. The number of hydrogen-bond acceptors (Lipinski definition) is 1. The number of β-lactam (4-membered cyclic amide) rings is 1. The predicted molar refractivity (Wildman–Crippen MR) is 78.7 cm³/mol.